The first kappa shape index (κ1) is 14.2. The number of nitrogens with one attached hydrogen (secondary N) is 1. The van der Waals surface area contributed by atoms with Gasteiger partial charge in [-0.15, -0.1) is 0 Å². The summed E-state index contributed by atoms with van der Waals surface area (Å²) in [5.41, 5.74) is -1.77. The number of alkyl halides is 3. The molecule has 0 aliphatic carbocycles. The van der Waals surface area contributed by atoms with Gasteiger partial charge in [-0.25, -0.2) is 9.97 Å². The van der Waals surface area contributed by atoms with Gasteiger partial charge in [-0.2, -0.15) is 18.3 Å². The van der Waals surface area contributed by atoms with Crippen LogP contribution >= 0.6 is 0 Å². The smallest absolute Gasteiger partial charge is 0.288 e. The van der Waals surface area contributed by atoms with Crippen molar-refractivity contribution >= 4 is 10.9 Å². The van der Waals surface area contributed by atoms with E-state index in [1.54, 1.807) is 6.92 Å². The van der Waals surface area contributed by atoms with Crippen molar-refractivity contribution in [2.24, 2.45) is 0 Å². The highest BCUT2D eigenvalue weighted by molar-refractivity contribution is 5.81. The normalized spacial score (nSPS) is 13.5. The van der Waals surface area contributed by atoms with Gasteiger partial charge in [0.15, 0.2) is 0 Å². The molecule has 0 aliphatic heterocycles. The van der Waals surface area contributed by atoms with E-state index in [9.17, 15) is 18.0 Å². The fourth-order valence-electron chi connectivity index (χ4n) is 2.24. The molecule has 2 heterocycles. The van der Waals surface area contributed by atoms with Gasteiger partial charge in [0.1, 0.15) is 12.2 Å². The Labute approximate surface area is 121 Å². The topological polar surface area (TPSA) is 76.5 Å². The lowest BCUT2D eigenvalue weighted by Gasteiger charge is -2.15. The average molecular weight is 309 g/mol. The quantitative estimate of drug-likeness (QED) is 0.787. The van der Waals surface area contributed by atoms with Crippen LogP contribution in [0, 0.1) is 0 Å². The fourth-order valence-corrected chi connectivity index (χ4v) is 2.24. The molecule has 1 atom stereocenters. The molecule has 0 spiro atoms. The molecule has 1 aromatic carbocycles. The molecule has 114 valence electrons. The molecule has 0 fully saturated rings. The van der Waals surface area contributed by atoms with E-state index in [4.69, 9.17) is 0 Å². The molecule has 0 saturated heterocycles. The van der Waals surface area contributed by atoms with Gasteiger partial charge >= 0.3 is 6.18 Å². The van der Waals surface area contributed by atoms with Crippen LogP contribution in [0.15, 0.2) is 35.6 Å². The zero-order valence-corrected chi connectivity index (χ0v) is 11.3. The maximum atomic E-state index is 13.1. The Morgan fingerprint density at radius 2 is 2.05 bits per heavy atom. The minimum Gasteiger partial charge on any atom is -0.288 e. The maximum absolute atomic E-state index is 13.1. The third-order valence-corrected chi connectivity index (χ3v) is 3.36. The SMILES string of the molecule is CC(c1ncn[nH]1)n1cnc2cccc(C(F)(F)F)c2c1=O. The first-order valence-electron chi connectivity index (χ1n) is 6.32. The summed E-state index contributed by atoms with van der Waals surface area (Å²) in [4.78, 5) is 20.3. The molecule has 0 aliphatic rings. The van der Waals surface area contributed by atoms with E-state index in [2.05, 4.69) is 20.2 Å². The van der Waals surface area contributed by atoms with Crippen LogP contribution in [-0.2, 0) is 6.18 Å². The van der Waals surface area contributed by atoms with Crippen molar-refractivity contribution in [3.63, 3.8) is 0 Å². The second kappa shape index (κ2) is 4.93. The van der Waals surface area contributed by atoms with E-state index in [1.165, 1.54) is 24.8 Å². The summed E-state index contributed by atoms with van der Waals surface area (Å²) in [6, 6.07) is 2.85. The van der Waals surface area contributed by atoms with Crippen LogP contribution in [0.5, 0.6) is 0 Å². The lowest BCUT2D eigenvalue weighted by atomic mass is 10.1. The molecule has 6 nitrogen and oxygen atoms in total. The lowest BCUT2D eigenvalue weighted by Crippen LogP contribution is -2.27. The van der Waals surface area contributed by atoms with Gasteiger partial charge in [0.05, 0.1) is 28.8 Å². The number of nitrogens with zero attached hydrogens (tertiary/aromatic N) is 4. The van der Waals surface area contributed by atoms with Crippen molar-refractivity contribution in [3.8, 4) is 0 Å². The molecule has 1 N–H and O–H groups in total. The summed E-state index contributed by atoms with van der Waals surface area (Å²) < 4.78 is 40.4. The third-order valence-electron chi connectivity index (χ3n) is 3.36. The van der Waals surface area contributed by atoms with E-state index in [1.807, 2.05) is 0 Å². The number of hydrogen-bond donors (Lipinski definition) is 1. The zero-order valence-electron chi connectivity index (χ0n) is 11.3. The summed E-state index contributed by atoms with van der Waals surface area (Å²) >= 11 is 0. The van der Waals surface area contributed by atoms with Crippen LogP contribution < -0.4 is 5.56 Å². The van der Waals surface area contributed by atoms with Crippen molar-refractivity contribution in [1.29, 1.82) is 0 Å². The Morgan fingerprint density at radius 3 is 2.68 bits per heavy atom. The van der Waals surface area contributed by atoms with Crippen LogP contribution in [-0.4, -0.2) is 24.7 Å². The van der Waals surface area contributed by atoms with Gasteiger partial charge in [-0.1, -0.05) is 6.07 Å². The molecule has 3 rings (SSSR count). The molecule has 9 heteroatoms. The molecule has 0 bridgehead atoms. The second-order valence-electron chi connectivity index (χ2n) is 4.70. The predicted octanol–water partition coefficient (Wildman–Crippen LogP) is 2.14. The first-order chi connectivity index (χ1) is 10.4. The highest BCUT2D eigenvalue weighted by Crippen LogP contribution is 2.32. The van der Waals surface area contributed by atoms with Crippen molar-refractivity contribution in [2.45, 2.75) is 19.1 Å². The Kier molecular flexibility index (Phi) is 3.19. The number of aromatic nitrogens is 5. The van der Waals surface area contributed by atoms with Gasteiger partial charge in [0.25, 0.3) is 5.56 Å². The van der Waals surface area contributed by atoms with Gasteiger partial charge in [0.2, 0.25) is 0 Å². The minimum absolute atomic E-state index is 0.000782. The van der Waals surface area contributed by atoms with Crippen LogP contribution in [0.4, 0.5) is 13.2 Å². The monoisotopic (exact) mass is 309 g/mol. The molecule has 0 amide bonds. The van der Waals surface area contributed by atoms with Crippen molar-refractivity contribution in [1.82, 2.24) is 24.7 Å². The van der Waals surface area contributed by atoms with Gasteiger partial charge < -0.3 is 0 Å². The van der Waals surface area contributed by atoms with Crippen LogP contribution in [0.1, 0.15) is 24.4 Å². The highest BCUT2D eigenvalue weighted by atomic mass is 19.4. The number of H-pyrrole nitrogens is 1. The van der Waals surface area contributed by atoms with Crippen LogP contribution in [0.25, 0.3) is 10.9 Å². The van der Waals surface area contributed by atoms with Crippen molar-refractivity contribution in [3.05, 3.63) is 52.6 Å². The second-order valence-corrected chi connectivity index (χ2v) is 4.70. The summed E-state index contributed by atoms with van der Waals surface area (Å²) in [7, 11) is 0. The molecular weight excluding hydrogens is 299 g/mol. The van der Waals surface area contributed by atoms with Crippen LogP contribution in [0.3, 0.4) is 0 Å². The van der Waals surface area contributed by atoms with E-state index in [-0.39, 0.29) is 5.52 Å². The number of halogens is 3. The van der Waals surface area contributed by atoms with Gasteiger partial charge in [-0.05, 0) is 19.1 Å². The summed E-state index contributed by atoms with van der Waals surface area (Å²) in [5, 5.41) is 5.80. The van der Waals surface area contributed by atoms with E-state index < -0.39 is 28.7 Å². The molecule has 2 aromatic heterocycles. The molecule has 22 heavy (non-hydrogen) atoms. The lowest BCUT2D eigenvalue weighted by molar-refractivity contribution is -0.136. The largest absolute Gasteiger partial charge is 0.417 e. The molecule has 0 saturated carbocycles. The van der Waals surface area contributed by atoms with E-state index in [0.29, 0.717) is 5.82 Å². The first-order valence-corrected chi connectivity index (χ1v) is 6.32. The number of fused-ring (bicyclic) bond motifs is 1. The molecular formula is C13H10F3N5O. The molecule has 0 radical (unpaired) electrons. The van der Waals surface area contributed by atoms with Crippen molar-refractivity contribution in [2.75, 3.05) is 0 Å². The summed E-state index contributed by atoms with van der Waals surface area (Å²) in [6.07, 6.45) is -2.17. The minimum atomic E-state index is -4.63. The maximum Gasteiger partial charge on any atom is 0.417 e. The Bertz CT molecular complexity index is 870. The Morgan fingerprint density at radius 1 is 1.27 bits per heavy atom. The van der Waals surface area contributed by atoms with Gasteiger partial charge in [-0.3, -0.25) is 14.5 Å². The zero-order chi connectivity index (χ0) is 15.9. The third kappa shape index (κ3) is 2.24. The van der Waals surface area contributed by atoms with Gasteiger partial charge in [0, 0.05) is 0 Å². The average Bonchev–Trinajstić information content (AvgIpc) is 3.00. The summed E-state index contributed by atoms with van der Waals surface area (Å²) in [6.45, 7) is 1.62. The van der Waals surface area contributed by atoms with Crippen molar-refractivity contribution < 1.29 is 13.2 Å². The Hall–Kier alpha value is -2.71. The predicted molar refractivity (Wildman–Crippen MR) is 71.2 cm³/mol. The number of hydrogen-bond acceptors (Lipinski definition) is 4. The number of aromatic amines is 1. The highest BCUT2D eigenvalue weighted by Gasteiger charge is 2.34. The number of benzene rings is 1. The standard InChI is InChI=1S/C13H10F3N5O/c1-7(11-17-5-19-20-11)21-6-18-9-4-2-3-8(13(14,15)16)10(9)12(21)22/h2-7H,1H3,(H,17,19,20). The van der Waals surface area contributed by atoms with Crippen LogP contribution in [0.2, 0.25) is 0 Å². The Balaban J connectivity index is 2.27. The fraction of sp³-hybridized carbons (Fsp3) is 0.231. The summed E-state index contributed by atoms with van der Waals surface area (Å²) in [5.74, 6) is 0.354. The van der Waals surface area contributed by atoms with E-state index in [0.717, 1.165) is 10.6 Å². The molecule has 1 unspecified atom stereocenters. The molecule has 3 aromatic rings. The number of rotatable bonds is 2. The van der Waals surface area contributed by atoms with E-state index >= 15 is 0 Å².